The summed E-state index contributed by atoms with van der Waals surface area (Å²) < 4.78 is 5.76. The molecule has 0 saturated heterocycles. The van der Waals surface area contributed by atoms with Crippen LogP contribution in [0.4, 0.5) is 0 Å². The molecule has 1 aromatic carbocycles. The van der Waals surface area contributed by atoms with E-state index in [1.807, 2.05) is 37.2 Å². The minimum atomic E-state index is -0.963. The maximum Gasteiger partial charge on any atom is 0.328 e. The molecule has 0 unspecified atom stereocenters. The molecule has 0 radical (unpaired) electrons. The highest BCUT2D eigenvalue weighted by Gasteiger charge is 2.15. The van der Waals surface area contributed by atoms with Crippen molar-refractivity contribution in [3.05, 3.63) is 35.4 Å². The Morgan fingerprint density at radius 2 is 2.00 bits per heavy atom. The van der Waals surface area contributed by atoms with Gasteiger partial charge in [-0.1, -0.05) is 26.8 Å². The summed E-state index contributed by atoms with van der Waals surface area (Å²) in [5, 5.41) is 8.81. The number of ether oxygens (including phenoxy) is 1. The summed E-state index contributed by atoms with van der Waals surface area (Å²) in [7, 11) is 3.97. The third-order valence-corrected chi connectivity index (χ3v) is 3.08. The topological polar surface area (TPSA) is 49.8 Å². The van der Waals surface area contributed by atoms with Crippen LogP contribution in [-0.2, 0) is 10.2 Å². The van der Waals surface area contributed by atoms with E-state index in [1.54, 1.807) is 6.08 Å². The van der Waals surface area contributed by atoms with Gasteiger partial charge >= 0.3 is 5.97 Å². The average Bonchev–Trinajstić information content (AvgIpc) is 2.35. The van der Waals surface area contributed by atoms with Crippen molar-refractivity contribution in [2.75, 3.05) is 27.2 Å². The van der Waals surface area contributed by atoms with Gasteiger partial charge in [0, 0.05) is 18.2 Å². The van der Waals surface area contributed by atoms with Gasteiger partial charge in [-0.25, -0.2) is 4.79 Å². The first-order valence-electron chi connectivity index (χ1n) is 7.03. The van der Waals surface area contributed by atoms with Crippen molar-refractivity contribution in [3.8, 4) is 5.75 Å². The maximum absolute atomic E-state index is 10.7. The lowest BCUT2D eigenvalue weighted by Crippen LogP contribution is -2.19. The van der Waals surface area contributed by atoms with Crippen molar-refractivity contribution < 1.29 is 14.6 Å². The van der Waals surface area contributed by atoms with Gasteiger partial charge in [0.05, 0.1) is 0 Å². The molecule has 0 aliphatic carbocycles. The largest absolute Gasteiger partial charge is 0.492 e. The molecule has 0 aromatic heterocycles. The number of benzene rings is 1. The van der Waals surface area contributed by atoms with Gasteiger partial charge in [-0.3, -0.25) is 0 Å². The Morgan fingerprint density at radius 3 is 2.52 bits per heavy atom. The zero-order valence-corrected chi connectivity index (χ0v) is 13.5. The van der Waals surface area contributed by atoms with Gasteiger partial charge < -0.3 is 14.7 Å². The van der Waals surface area contributed by atoms with Crippen molar-refractivity contribution >= 4 is 12.0 Å². The molecule has 1 N–H and O–H groups in total. The molecule has 0 saturated carbocycles. The van der Waals surface area contributed by atoms with Crippen LogP contribution in [0.5, 0.6) is 5.75 Å². The van der Waals surface area contributed by atoms with E-state index in [0.717, 1.165) is 23.7 Å². The second-order valence-electron chi connectivity index (χ2n) is 6.33. The Kier molecular flexibility index (Phi) is 5.97. The fourth-order valence-corrected chi connectivity index (χ4v) is 1.78. The van der Waals surface area contributed by atoms with Crippen molar-refractivity contribution in [3.63, 3.8) is 0 Å². The highest BCUT2D eigenvalue weighted by molar-refractivity contribution is 5.86. The minimum absolute atomic E-state index is 0.00792. The number of carboxylic acids is 1. The summed E-state index contributed by atoms with van der Waals surface area (Å²) in [5.74, 6) is -0.252. The van der Waals surface area contributed by atoms with Gasteiger partial charge in [0.15, 0.2) is 0 Å². The highest BCUT2D eigenvalue weighted by atomic mass is 16.5. The van der Waals surface area contributed by atoms with Gasteiger partial charge in [0.2, 0.25) is 0 Å². The lowest BCUT2D eigenvalue weighted by Gasteiger charge is -2.21. The summed E-state index contributed by atoms with van der Waals surface area (Å²) in [6.07, 6.45) is 2.73. The molecule has 0 bridgehead atoms. The minimum Gasteiger partial charge on any atom is -0.492 e. The standard InChI is InChI=1S/C17H25NO3/c1-17(2,3)14-7-8-15(21-11-10-18(4)5)13(12-14)6-9-16(19)20/h6-9,12H,10-11H2,1-5H3,(H,19,20)/b9-6+. The third-order valence-electron chi connectivity index (χ3n) is 3.08. The number of nitrogens with zero attached hydrogens (tertiary/aromatic N) is 1. The predicted molar refractivity (Wildman–Crippen MR) is 85.9 cm³/mol. The summed E-state index contributed by atoms with van der Waals surface area (Å²) in [6, 6.07) is 5.94. The Balaban J connectivity index is 3.02. The van der Waals surface area contributed by atoms with E-state index >= 15 is 0 Å². The second kappa shape index (κ2) is 7.27. The number of aliphatic carboxylic acids is 1. The molecule has 0 heterocycles. The summed E-state index contributed by atoms with van der Waals surface area (Å²) in [5.41, 5.74) is 1.95. The lowest BCUT2D eigenvalue weighted by molar-refractivity contribution is -0.131. The van der Waals surface area contributed by atoms with Crippen molar-refractivity contribution in [2.45, 2.75) is 26.2 Å². The fourth-order valence-electron chi connectivity index (χ4n) is 1.78. The monoisotopic (exact) mass is 291 g/mol. The van der Waals surface area contributed by atoms with E-state index in [0.29, 0.717) is 12.4 Å². The van der Waals surface area contributed by atoms with Crippen LogP contribution in [0.1, 0.15) is 31.9 Å². The summed E-state index contributed by atoms with van der Waals surface area (Å²) in [6.45, 7) is 7.75. The van der Waals surface area contributed by atoms with Gasteiger partial charge in [-0.15, -0.1) is 0 Å². The molecule has 0 aliphatic rings. The van der Waals surface area contributed by atoms with Crippen molar-refractivity contribution in [1.29, 1.82) is 0 Å². The molecule has 0 atom stereocenters. The Morgan fingerprint density at radius 1 is 1.33 bits per heavy atom. The van der Waals surface area contributed by atoms with E-state index in [1.165, 1.54) is 0 Å². The molecule has 116 valence electrons. The Labute approximate surface area is 127 Å². The normalized spacial score (nSPS) is 12.1. The van der Waals surface area contributed by atoms with Gasteiger partial charge in [0.25, 0.3) is 0 Å². The number of likely N-dealkylation sites (N-methyl/N-ethyl adjacent to an activating group) is 1. The molecular formula is C17H25NO3. The van der Waals surface area contributed by atoms with Crippen LogP contribution in [0.2, 0.25) is 0 Å². The molecule has 0 aliphatic heterocycles. The van der Waals surface area contributed by atoms with E-state index in [9.17, 15) is 4.79 Å². The van der Waals surface area contributed by atoms with Crippen LogP contribution in [0.3, 0.4) is 0 Å². The molecule has 1 aromatic rings. The maximum atomic E-state index is 10.7. The number of hydrogen-bond acceptors (Lipinski definition) is 3. The molecule has 0 spiro atoms. The molecule has 21 heavy (non-hydrogen) atoms. The fraction of sp³-hybridized carbons (Fsp3) is 0.471. The van der Waals surface area contributed by atoms with E-state index in [2.05, 4.69) is 20.8 Å². The SMILES string of the molecule is CN(C)CCOc1ccc(C(C)(C)C)cc1/C=C/C(=O)O. The van der Waals surface area contributed by atoms with Crippen LogP contribution in [-0.4, -0.2) is 43.2 Å². The third kappa shape index (κ3) is 6.00. The molecule has 4 nitrogen and oxygen atoms in total. The molecular weight excluding hydrogens is 266 g/mol. The van der Waals surface area contributed by atoms with Crippen LogP contribution in [0, 0.1) is 0 Å². The predicted octanol–water partition coefficient (Wildman–Crippen LogP) is 3.02. The molecule has 0 amide bonds. The first kappa shape index (κ1) is 17.2. The van der Waals surface area contributed by atoms with Crippen LogP contribution in [0.25, 0.3) is 6.08 Å². The number of hydrogen-bond donors (Lipinski definition) is 1. The van der Waals surface area contributed by atoms with Crippen molar-refractivity contribution in [2.24, 2.45) is 0 Å². The van der Waals surface area contributed by atoms with Crippen LogP contribution < -0.4 is 4.74 Å². The zero-order chi connectivity index (χ0) is 16.0. The van der Waals surface area contributed by atoms with Crippen LogP contribution in [0.15, 0.2) is 24.3 Å². The number of carboxylic acid groups (broad SMARTS) is 1. The Hall–Kier alpha value is -1.81. The molecule has 1 rings (SSSR count). The van der Waals surface area contributed by atoms with E-state index in [4.69, 9.17) is 9.84 Å². The number of carbonyl (C=O) groups is 1. The quantitative estimate of drug-likeness (QED) is 0.819. The van der Waals surface area contributed by atoms with Crippen LogP contribution >= 0.6 is 0 Å². The smallest absolute Gasteiger partial charge is 0.328 e. The molecule has 0 fully saturated rings. The highest BCUT2D eigenvalue weighted by Crippen LogP contribution is 2.29. The molecule has 4 heteroatoms. The van der Waals surface area contributed by atoms with E-state index in [-0.39, 0.29) is 5.41 Å². The second-order valence-corrected chi connectivity index (χ2v) is 6.33. The summed E-state index contributed by atoms with van der Waals surface area (Å²) in [4.78, 5) is 12.8. The van der Waals surface area contributed by atoms with Crippen molar-refractivity contribution in [1.82, 2.24) is 4.90 Å². The average molecular weight is 291 g/mol. The first-order valence-corrected chi connectivity index (χ1v) is 7.03. The van der Waals surface area contributed by atoms with Gasteiger partial charge in [-0.05, 0) is 43.3 Å². The van der Waals surface area contributed by atoms with E-state index < -0.39 is 5.97 Å². The lowest BCUT2D eigenvalue weighted by atomic mass is 9.86. The zero-order valence-electron chi connectivity index (χ0n) is 13.5. The number of rotatable bonds is 6. The Bertz CT molecular complexity index is 513. The van der Waals surface area contributed by atoms with Gasteiger partial charge in [-0.2, -0.15) is 0 Å². The van der Waals surface area contributed by atoms with Gasteiger partial charge in [0.1, 0.15) is 12.4 Å². The summed E-state index contributed by atoms with van der Waals surface area (Å²) >= 11 is 0. The first-order chi connectivity index (χ1) is 9.70.